The number of aliphatic hydroxyl groups is 1. The third kappa shape index (κ3) is 1.59. The average Bonchev–Trinajstić information content (AvgIpc) is 3.16. The van der Waals surface area contributed by atoms with Crippen molar-refractivity contribution < 1.29 is 19.7 Å². The molecule has 3 aliphatic carbocycles. The van der Waals surface area contributed by atoms with E-state index in [2.05, 4.69) is 11.8 Å². The highest BCUT2D eigenvalue weighted by Gasteiger charge is 2.73. The summed E-state index contributed by atoms with van der Waals surface area (Å²) in [7, 11) is 0. The van der Waals surface area contributed by atoms with E-state index >= 15 is 0 Å². The summed E-state index contributed by atoms with van der Waals surface area (Å²) in [5, 5.41) is 22.4. The number of carbonyl (C=O) groups is 1. The van der Waals surface area contributed by atoms with E-state index in [0.717, 1.165) is 48.9 Å². The van der Waals surface area contributed by atoms with E-state index in [1.54, 1.807) is 6.07 Å². The maximum Gasteiger partial charge on any atom is 0.174 e. The fourth-order valence-electron chi connectivity index (χ4n) is 6.59. The molecule has 2 unspecified atom stereocenters. The van der Waals surface area contributed by atoms with Gasteiger partial charge in [-0.05, 0) is 55.7 Å². The van der Waals surface area contributed by atoms with Gasteiger partial charge in [0.25, 0.3) is 0 Å². The molecule has 2 N–H and O–H groups in total. The number of aromatic hydroxyl groups is 1. The molecule has 26 heavy (non-hydrogen) atoms. The average molecular weight is 355 g/mol. The summed E-state index contributed by atoms with van der Waals surface area (Å²) >= 11 is 0. The SMILES string of the molecule is CC1CC1CN1CC[C@]23c4c5ccc(O)c4O[C@H]2C(=O)CC[C@@]3(O)[C@H]1C5. The lowest BCUT2D eigenvalue weighted by Crippen LogP contribution is -2.76. The van der Waals surface area contributed by atoms with Crippen LogP contribution in [0.3, 0.4) is 0 Å². The number of carbonyl (C=O) groups excluding carboxylic acids is 1. The smallest absolute Gasteiger partial charge is 0.174 e. The van der Waals surface area contributed by atoms with Crippen molar-refractivity contribution in [2.24, 2.45) is 11.8 Å². The molecular formula is C21H25NO4. The number of hydrogen-bond donors (Lipinski definition) is 2. The second-order valence-corrected chi connectivity index (χ2v) is 9.25. The minimum Gasteiger partial charge on any atom is -0.504 e. The third-order valence-corrected chi connectivity index (χ3v) is 8.11. The van der Waals surface area contributed by atoms with Crippen LogP contribution < -0.4 is 4.74 Å². The van der Waals surface area contributed by atoms with E-state index in [9.17, 15) is 15.0 Å². The van der Waals surface area contributed by atoms with Gasteiger partial charge in [0.15, 0.2) is 23.4 Å². The fraction of sp³-hybridized carbons (Fsp3) is 0.667. The highest BCUT2D eigenvalue weighted by Crippen LogP contribution is 2.65. The molecule has 1 saturated heterocycles. The monoisotopic (exact) mass is 355 g/mol. The quantitative estimate of drug-likeness (QED) is 0.846. The zero-order valence-electron chi connectivity index (χ0n) is 15.1. The van der Waals surface area contributed by atoms with Crippen LogP contribution in [0.15, 0.2) is 12.1 Å². The first kappa shape index (κ1) is 15.5. The molecule has 2 heterocycles. The summed E-state index contributed by atoms with van der Waals surface area (Å²) in [6, 6.07) is 3.68. The van der Waals surface area contributed by atoms with Gasteiger partial charge >= 0.3 is 0 Å². The van der Waals surface area contributed by atoms with Gasteiger partial charge in [-0.15, -0.1) is 0 Å². The van der Waals surface area contributed by atoms with Crippen LogP contribution in [-0.4, -0.2) is 51.7 Å². The Balaban J connectivity index is 1.53. The Bertz CT molecular complexity index is 838. The van der Waals surface area contributed by atoms with Crippen molar-refractivity contribution in [1.82, 2.24) is 4.90 Å². The number of ketones is 1. The highest BCUT2D eigenvalue weighted by molar-refractivity contribution is 5.90. The number of benzene rings is 1. The lowest BCUT2D eigenvalue weighted by molar-refractivity contribution is -0.189. The maximum atomic E-state index is 12.8. The molecule has 1 aromatic carbocycles. The van der Waals surface area contributed by atoms with Gasteiger partial charge < -0.3 is 14.9 Å². The van der Waals surface area contributed by atoms with E-state index in [0.29, 0.717) is 18.6 Å². The zero-order valence-corrected chi connectivity index (χ0v) is 15.1. The summed E-state index contributed by atoms with van der Waals surface area (Å²) in [6.45, 7) is 4.23. The Hall–Kier alpha value is -1.59. The number of piperidine rings is 1. The summed E-state index contributed by atoms with van der Waals surface area (Å²) in [4.78, 5) is 15.2. The number of hydrogen-bond acceptors (Lipinski definition) is 5. The van der Waals surface area contributed by atoms with Crippen LogP contribution in [-0.2, 0) is 16.6 Å². The van der Waals surface area contributed by atoms with Crippen molar-refractivity contribution in [1.29, 1.82) is 0 Å². The van der Waals surface area contributed by atoms with Crippen LogP contribution in [0.2, 0.25) is 0 Å². The molecular weight excluding hydrogens is 330 g/mol. The van der Waals surface area contributed by atoms with Crippen LogP contribution in [0.25, 0.3) is 0 Å². The molecule has 3 fully saturated rings. The second kappa shape index (κ2) is 4.63. The molecule has 5 nitrogen and oxygen atoms in total. The number of Topliss-reactive ketones (excluding diaryl/α,β-unsaturated/α-hetero) is 1. The number of likely N-dealkylation sites (tertiary alicyclic amines) is 1. The minimum atomic E-state index is -0.950. The molecule has 0 radical (unpaired) electrons. The molecule has 2 aliphatic heterocycles. The molecule has 1 aromatic rings. The van der Waals surface area contributed by atoms with Gasteiger partial charge in [0, 0.05) is 24.6 Å². The molecule has 6 atom stereocenters. The molecule has 0 amide bonds. The van der Waals surface area contributed by atoms with Crippen molar-refractivity contribution in [3.8, 4) is 11.5 Å². The van der Waals surface area contributed by atoms with Crippen LogP contribution in [0.5, 0.6) is 11.5 Å². The Morgan fingerprint density at radius 3 is 2.92 bits per heavy atom. The molecule has 6 rings (SSSR count). The van der Waals surface area contributed by atoms with Crippen molar-refractivity contribution in [2.75, 3.05) is 13.1 Å². The number of phenolic OH excluding ortho intramolecular Hbond substituents is 1. The number of ether oxygens (including phenoxy) is 1. The molecule has 2 bridgehead atoms. The molecule has 5 heteroatoms. The fourth-order valence-corrected chi connectivity index (χ4v) is 6.59. The van der Waals surface area contributed by atoms with E-state index in [1.807, 2.05) is 6.07 Å². The van der Waals surface area contributed by atoms with Crippen LogP contribution in [0.4, 0.5) is 0 Å². The van der Waals surface area contributed by atoms with Gasteiger partial charge in [-0.1, -0.05) is 13.0 Å². The van der Waals surface area contributed by atoms with E-state index < -0.39 is 17.1 Å². The lowest BCUT2D eigenvalue weighted by Gasteiger charge is -2.62. The number of rotatable bonds is 2. The first-order valence-corrected chi connectivity index (χ1v) is 9.97. The van der Waals surface area contributed by atoms with Gasteiger partial charge in [-0.3, -0.25) is 9.69 Å². The molecule has 138 valence electrons. The van der Waals surface area contributed by atoms with E-state index in [4.69, 9.17) is 4.74 Å². The normalized spacial score (nSPS) is 45.2. The van der Waals surface area contributed by atoms with Crippen molar-refractivity contribution in [2.45, 2.75) is 62.2 Å². The molecule has 5 aliphatic rings. The zero-order chi connectivity index (χ0) is 17.8. The Morgan fingerprint density at radius 1 is 1.35 bits per heavy atom. The van der Waals surface area contributed by atoms with E-state index in [1.165, 1.54) is 6.42 Å². The van der Waals surface area contributed by atoms with E-state index in [-0.39, 0.29) is 17.6 Å². The lowest BCUT2D eigenvalue weighted by atomic mass is 9.49. The van der Waals surface area contributed by atoms with Gasteiger partial charge in [-0.2, -0.15) is 0 Å². The van der Waals surface area contributed by atoms with Crippen molar-refractivity contribution >= 4 is 5.78 Å². The third-order valence-electron chi connectivity index (χ3n) is 8.11. The Kier molecular flexibility index (Phi) is 2.75. The predicted molar refractivity (Wildman–Crippen MR) is 94.3 cm³/mol. The van der Waals surface area contributed by atoms with Gasteiger partial charge in [0.05, 0.1) is 11.0 Å². The summed E-state index contributed by atoms with van der Waals surface area (Å²) < 4.78 is 6.05. The first-order chi connectivity index (χ1) is 12.5. The van der Waals surface area contributed by atoms with Crippen molar-refractivity contribution in [3.05, 3.63) is 23.3 Å². The molecule has 0 aromatic heterocycles. The highest BCUT2D eigenvalue weighted by atomic mass is 16.5. The van der Waals surface area contributed by atoms with Gasteiger partial charge in [-0.25, -0.2) is 0 Å². The summed E-state index contributed by atoms with van der Waals surface area (Å²) in [5.41, 5.74) is 0.431. The van der Waals surface area contributed by atoms with Crippen LogP contribution >= 0.6 is 0 Å². The largest absolute Gasteiger partial charge is 0.504 e. The van der Waals surface area contributed by atoms with Crippen LogP contribution in [0, 0.1) is 11.8 Å². The number of phenols is 1. The molecule has 2 saturated carbocycles. The Morgan fingerprint density at radius 2 is 2.15 bits per heavy atom. The summed E-state index contributed by atoms with van der Waals surface area (Å²) in [5.74, 6) is 2.14. The molecule has 1 spiro atoms. The minimum absolute atomic E-state index is 0.0336. The summed E-state index contributed by atoms with van der Waals surface area (Å²) in [6.07, 6.45) is 2.99. The number of nitrogens with zero attached hydrogens (tertiary/aromatic N) is 1. The maximum absolute atomic E-state index is 12.8. The van der Waals surface area contributed by atoms with Gasteiger partial charge in [0.2, 0.25) is 0 Å². The Labute approximate surface area is 152 Å². The standard InChI is InChI=1S/C21H25NO4/c1-11-8-13(11)10-22-7-6-20-17-12-2-3-14(23)18(17)26-19(20)15(24)4-5-21(20,25)16(22)9-12/h2-3,11,13,16,19,23,25H,4-10H2,1H3/t11?,13?,16-,19+,20+,21-/m1/s1. The first-order valence-electron chi connectivity index (χ1n) is 9.97. The van der Waals surface area contributed by atoms with Crippen molar-refractivity contribution in [3.63, 3.8) is 0 Å². The van der Waals surface area contributed by atoms with Gasteiger partial charge in [0.1, 0.15) is 0 Å². The van der Waals surface area contributed by atoms with Crippen LogP contribution in [0.1, 0.15) is 43.7 Å². The predicted octanol–water partition coefficient (Wildman–Crippen LogP) is 1.77. The topological polar surface area (TPSA) is 70.0 Å². The second-order valence-electron chi connectivity index (χ2n) is 9.25.